The lowest BCUT2D eigenvalue weighted by Crippen LogP contribution is -2.48. The van der Waals surface area contributed by atoms with Gasteiger partial charge in [-0.15, -0.1) is 0 Å². The zero-order valence-electron chi connectivity index (χ0n) is 15.5. The molecule has 0 aliphatic heterocycles. The van der Waals surface area contributed by atoms with Crippen molar-refractivity contribution in [2.75, 3.05) is 26.2 Å². The number of ether oxygens (including phenoxy) is 1. The molecule has 6 nitrogen and oxygen atoms in total. The number of nitrogens with one attached hydrogen (secondary N) is 2. The van der Waals surface area contributed by atoms with Gasteiger partial charge in [-0.05, 0) is 55.4 Å². The lowest BCUT2D eigenvalue weighted by molar-refractivity contribution is 0.0266. The first kappa shape index (κ1) is 20.5. The molecular formula is C16H34N4O2. The van der Waals surface area contributed by atoms with Crippen LogP contribution in [-0.4, -0.2) is 54.3 Å². The van der Waals surface area contributed by atoms with Gasteiger partial charge in [0.25, 0.3) is 0 Å². The number of likely N-dealkylation sites (N-methyl/N-ethyl adjacent to an activating group) is 1. The predicted molar refractivity (Wildman–Crippen MR) is 92.3 cm³/mol. The Morgan fingerprint density at radius 2 is 1.73 bits per heavy atom. The number of rotatable bonds is 5. The Balaban J connectivity index is 4.58. The quantitative estimate of drug-likeness (QED) is 0.605. The molecule has 130 valence electrons. The second-order valence-corrected chi connectivity index (χ2v) is 7.20. The topological polar surface area (TPSA) is 66.0 Å². The summed E-state index contributed by atoms with van der Waals surface area (Å²) in [6.45, 7) is 18.3. The van der Waals surface area contributed by atoms with E-state index in [1.54, 1.807) is 4.90 Å². The predicted octanol–water partition coefficient (Wildman–Crippen LogP) is 2.60. The maximum Gasteiger partial charge on any atom is 0.410 e. The zero-order valence-corrected chi connectivity index (χ0v) is 15.5. The molecule has 22 heavy (non-hydrogen) atoms. The molecular weight excluding hydrogens is 280 g/mol. The van der Waals surface area contributed by atoms with Gasteiger partial charge in [0.1, 0.15) is 5.60 Å². The van der Waals surface area contributed by atoms with Crippen LogP contribution in [0.2, 0.25) is 0 Å². The van der Waals surface area contributed by atoms with E-state index >= 15 is 0 Å². The third kappa shape index (κ3) is 10.3. The molecule has 0 heterocycles. The van der Waals surface area contributed by atoms with Gasteiger partial charge in [0.15, 0.2) is 5.96 Å². The summed E-state index contributed by atoms with van der Waals surface area (Å²) in [5, 5.41) is 6.52. The maximum absolute atomic E-state index is 12.0. The molecule has 0 aromatic carbocycles. The van der Waals surface area contributed by atoms with E-state index in [-0.39, 0.29) is 11.6 Å². The minimum Gasteiger partial charge on any atom is -0.444 e. The van der Waals surface area contributed by atoms with Crippen LogP contribution in [-0.2, 0) is 4.74 Å². The Morgan fingerprint density at radius 3 is 2.14 bits per heavy atom. The van der Waals surface area contributed by atoms with Gasteiger partial charge in [-0.25, -0.2) is 4.79 Å². The van der Waals surface area contributed by atoms with Gasteiger partial charge in [0.05, 0.1) is 6.54 Å². The summed E-state index contributed by atoms with van der Waals surface area (Å²) in [5.74, 6) is 0.759. The van der Waals surface area contributed by atoms with Crippen molar-refractivity contribution in [2.24, 2.45) is 4.99 Å². The Hall–Kier alpha value is -1.46. The highest BCUT2D eigenvalue weighted by atomic mass is 16.6. The van der Waals surface area contributed by atoms with Crippen LogP contribution in [0.3, 0.4) is 0 Å². The van der Waals surface area contributed by atoms with Gasteiger partial charge in [0.2, 0.25) is 0 Å². The summed E-state index contributed by atoms with van der Waals surface area (Å²) in [7, 11) is 0. The molecule has 0 atom stereocenters. The molecule has 0 aromatic rings. The van der Waals surface area contributed by atoms with Gasteiger partial charge >= 0.3 is 6.09 Å². The first-order valence-corrected chi connectivity index (χ1v) is 8.03. The number of carbonyl (C=O) groups is 1. The maximum atomic E-state index is 12.0. The summed E-state index contributed by atoms with van der Waals surface area (Å²) in [4.78, 5) is 18.2. The van der Waals surface area contributed by atoms with E-state index in [4.69, 9.17) is 4.74 Å². The number of hydrogen-bond acceptors (Lipinski definition) is 3. The van der Waals surface area contributed by atoms with Gasteiger partial charge in [-0.3, -0.25) is 4.99 Å². The highest BCUT2D eigenvalue weighted by molar-refractivity contribution is 5.80. The van der Waals surface area contributed by atoms with Crippen LogP contribution in [0, 0.1) is 0 Å². The van der Waals surface area contributed by atoms with E-state index in [0.717, 1.165) is 12.5 Å². The number of amides is 1. The van der Waals surface area contributed by atoms with Crippen LogP contribution in [0.15, 0.2) is 4.99 Å². The van der Waals surface area contributed by atoms with Gasteiger partial charge in [-0.1, -0.05) is 0 Å². The van der Waals surface area contributed by atoms with E-state index < -0.39 is 5.60 Å². The third-order valence-corrected chi connectivity index (χ3v) is 2.51. The van der Waals surface area contributed by atoms with Crippen molar-refractivity contribution in [1.29, 1.82) is 0 Å². The third-order valence-electron chi connectivity index (χ3n) is 2.51. The van der Waals surface area contributed by atoms with E-state index in [9.17, 15) is 4.79 Å². The average Bonchev–Trinajstić information content (AvgIpc) is 2.30. The number of aliphatic imine (C=N–C) groups is 1. The second kappa shape index (κ2) is 8.86. The van der Waals surface area contributed by atoms with E-state index in [1.807, 2.05) is 34.6 Å². The molecule has 0 aliphatic rings. The lowest BCUT2D eigenvalue weighted by atomic mass is 10.1. The van der Waals surface area contributed by atoms with Crippen LogP contribution in [0.4, 0.5) is 4.79 Å². The summed E-state index contributed by atoms with van der Waals surface area (Å²) < 4.78 is 5.38. The standard InChI is InChI=1S/C16H34N4O2/c1-9-17-13(19-15(3,4)5)18-11-12-20(10-2)14(21)22-16(6,7)8/h9-12H2,1-8H3,(H2,17,18,19). The van der Waals surface area contributed by atoms with Crippen LogP contribution < -0.4 is 10.6 Å². The number of nitrogens with zero attached hydrogens (tertiary/aromatic N) is 2. The molecule has 0 unspecified atom stereocenters. The molecule has 0 rings (SSSR count). The fourth-order valence-corrected chi connectivity index (χ4v) is 1.65. The van der Waals surface area contributed by atoms with Crippen molar-refractivity contribution in [2.45, 2.75) is 66.5 Å². The Labute approximate surface area is 135 Å². The molecule has 1 amide bonds. The van der Waals surface area contributed by atoms with Gasteiger partial charge in [-0.2, -0.15) is 0 Å². The number of carbonyl (C=O) groups excluding carboxylic acids is 1. The summed E-state index contributed by atoms with van der Waals surface area (Å²) in [6.07, 6.45) is -0.293. The molecule has 0 radical (unpaired) electrons. The van der Waals surface area contributed by atoms with Crippen LogP contribution in [0.5, 0.6) is 0 Å². The van der Waals surface area contributed by atoms with Gasteiger partial charge < -0.3 is 20.3 Å². The molecule has 0 saturated heterocycles. The van der Waals surface area contributed by atoms with Gasteiger partial charge in [0, 0.05) is 25.2 Å². The molecule has 0 saturated carbocycles. The van der Waals surface area contributed by atoms with Crippen LogP contribution >= 0.6 is 0 Å². The summed E-state index contributed by atoms with van der Waals surface area (Å²) in [6, 6.07) is 0. The highest BCUT2D eigenvalue weighted by Crippen LogP contribution is 2.09. The molecule has 0 aliphatic carbocycles. The smallest absolute Gasteiger partial charge is 0.410 e. The number of hydrogen-bond donors (Lipinski definition) is 2. The second-order valence-electron chi connectivity index (χ2n) is 7.20. The average molecular weight is 314 g/mol. The molecule has 0 aromatic heterocycles. The SMILES string of the molecule is CCNC(=NCCN(CC)C(=O)OC(C)(C)C)NC(C)(C)C. The molecule has 2 N–H and O–H groups in total. The van der Waals surface area contributed by atoms with Crippen molar-refractivity contribution in [3.05, 3.63) is 0 Å². The fraction of sp³-hybridized carbons (Fsp3) is 0.875. The summed E-state index contributed by atoms with van der Waals surface area (Å²) in [5.41, 5.74) is -0.535. The Morgan fingerprint density at radius 1 is 1.14 bits per heavy atom. The molecule has 0 spiro atoms. The Kier molecular flexibility index (Phi) is 8.27. The first-order chi connectivity index (χ1) is 9.98. The minimum atomic E-state index is -0.476. The lowest BCUT2D eigenvalue weighted by Gasteiger charge is -2.26. The highest BCUT2D eigenvalue weighted by Gasteiger charge is 2.20. The van der Waals surface area contributed by atoms with Crippen molar-refractivity contribution in [3.63, 3.8) is 0 Å². The van der Waals surface area contributed by atoms with Crippen molar-refractivity contribution in [1.82, 2.24) is 15.5 Å². The van der Waals surface area contributed by atoms with E-state index in [1.165, 1.54) is 0 Å². The normalized spacial score (nSPS) is 12.8. The first-order valence-electron chi connectivity index (χ1n) is 8.03. The largest absolute Gasteiger partial charge is 0.444 e. The molecule has 0 fully saturated rings. The van der Waals surface area contributed by atoms with E-state index in [2.05, 4.69) is 36.4 Å². The van der Waals surface area contributed by atoms with Crippen molar-refractivity contribution < 1.29 is 9.53 Å². The monoisotopic (exact) mass is 314 g/mol. The zero-order chi connectivity index (χ0) is 17.4. The molecule has 0 bridgehead atoms. The van der Waals surface area contributed by atoms with Crippen molar-refractivity contribution in [3.8, 4) is 0 Å². The molecule has 6 heteroatoms. The summed E-state index contributed by atoms with van der Waals surface area (Å²) >= 11 is 0. The van der Waals surface area contributed by atoms with Crippen molar-refractivity contribution >= 4 is 12.1 Å². The number of guanidine groups is 1. The van der Waals surface area contributed by atoms with Crippen LogP contribution in [0.25, 0.3) is 0 Å². The fourth-order valence-electron chi connectivity index (χ4n) is 1.65. The Bertz CT molecular complexity index is 367. The minimum absolute atomic E-state index is 0.0589. The van der Waals surface area contributed by atoms with Crippen LogP contribution in [0.1, 0.15) is 55.4 Å². The van der Waals surface area contributed by atoms with E-state index in [0.29, 0.717) is 19.6 Å².